The maximum atomic E-state index is 12.2. The van der Waals surface area contributed by atoms with E-state index in [4.69, 9.17) is 5.73 Å². The summed E-state index contributed by atoms with van der Waals surface area (Å²) >= 11 is 0. The van der Waals surface area contributed by atoms with Crippen LogP contribution in [0.1, 0.15) is 25.7 Å². The van der Waals surface area contributed by atoms with E-state index in [1.807, 2.05) is 0 Å². The average Bonchev–Trinajstić information content (AvgIpc) is 2.66. The van der Waals surface area contributed by atoms with Gasteiger partial charge in [-0.05, 0) is 37.1 Å². The summed E-state index contributed by atoms with van der Waals surface area (Å²) in [5.41, 5.74) is 7.00. The smallest absolute Gasteiger partial charge is 0.322 e. The van der Waals surface area contributed by atoms with Gasteiger partial charge in [-0.1, -0.05) is 12.8 Å². The van der Waals surface area contributed by atoms with Crippen molar-refractivity contribution in [2.24, 2.45) is 0 Å². The van der Waals surface area contributed by atoms with Gasteiger partial charge in [0.2, 0.25) is 0 Å². The van der Waals surface area contributed by atoms with Gasteiger partial charge in [0.15, 0.2) is 0 Å². The molecule has 0 aliphatic carbocycles. The molecule has 0 spiro atoms. The summed E-state index contributed by atoms with van der Waals surface area (Å²) in [5.74, 6) is 0. The number of aliphatic hydroxyl groups excluding tert-OH is 1. The number of nitrogen functional groups attached to an aromatic ring is 1. The number of rotatable bonds is 2. The van der Waals surface area contributed by atoms with Crippen molar-refractivity contribution in [2.75, 3.05) is 24.2 Å². The number of nitrogens with two attached hydrogens (primary N) is 1. The van der Waals surface area contributed by atoms with Crippen LogP contribution in [0.5, 0.6) is 0 Å². The molecule has 1 aliphatic rings. The molecule has 0 radical (unpaired) electrons. The summed E-state index contributed by atoms with van der Waals surface area (Å²) in [7, 11) is 0. The maximum absolute atomic E-state index is 12.2. The molecular weight excluding hydrogens is 242 g/mol. The lowest BCUT2D eigenvalue weighted by molar-refractivity contribution is 0.142. The number of amides is 2. The monoisotopic (exact) mass is 263 g/mol. The van der Waals surface area contributed by atoms with Crippen molar-refractivity contribution < 1.29 is 9.90 Å². The van der Waals surface area contributed by atoms with Gasteiger partial charge < -0.3 is 21.1 Å². The predicted molar refractivity (Wildman–Crippen MR) is 75.9 cm³/mol. The van der Waals surface area contributed by atoms with E-state index in [0.29, 0.717) is 12.2 Å². The van der Waals surface area contributed by atoms with Crippen LogP contribution in [0.25, 0.3) is 0 Å². The lowest BCUT2D eigenvalue weighted by Crippen LogP contribution is -2.44. The first-order valence-corrected chi connectivity index (χ1v) is 6.74. The van der Waals surface area contributed by atoms with E-state index in [9.17, 15) is 9.90 Å². The summed E-state index contributed by atoms with van der Waals surface area (Å²) < 4.78 is 0. The molecule has 1 heterocycles. The predicted octanol–water partition coefficient (Wildman–Crippen LogP) is 2.04. The largest absolute Gasteiger partial charge is 0.399 e. The molecule has 1 aromatic carbocycles. The van der Waals surface area contributed by atoms with Crippen LogP contribution in [0.2, 0.25) is 0 Å². The first-order valence-electron chi connectivity index (χ1n) is 6.74. The van der Waals surface area contributed by atoms with Crippen molar-refractivity contribution in [3.63, 3.8) is 0 Å². The van der Waals surface area contributed by atoms with E-state index in [0.717, 1.165) is 31.4 Å². The molecule has 4 N–H and O–H groups in total. The molecule has 1 aliphatic heterocycles. The van der Waals surface area contributed by atoms with Crippen molar-refractivity contribution in [3.8, 4) is 0 Å². The van der Waals surface area contributed by atoms with Crippen LogP contribution in [0.4, 0.5) is 16.2 Å². The second kappa shape index (κ2) is 6.43. The molecule has 1 atom stereocenters. The highest BCUT2D eigenvalue weighted by molar-refractivity contribution is 5.89. The number of hydrogen-bond acceptors (Lipinski definition) is 3. The Kier molecular flexibility index (Phi) is 4.63. The topological polar surface area (TPSA) is 78.6 Å². The van der Waals surface area contributed by atoms with Gasteiger partial charge >= 0.3 is 6.03 Å². The fourth-order valence-corrected chi connectivity index (χ4v) is 2.40. The maximum Gasteiger partial charge on any atom is 0.322 e. The molecule has 0 aromatic heterocycles. The second-order valence-corrected chi connectivity index (χ2v) is 4.93. The van der Waals surface area contributed by atoms with E-state index in [1.165, 1.54) is 0 Å². The van der Waals surface area contributed by atoms with Crippen LogP contribution < -0.4 is 11.1 Å². The van der Waals surface area contributed by atoms with Gasteiger partial charge in [-0.25, -0.2) is 4.79 Å². The number of nitrogens with zero attached hydrogens (tertiary/aromatic N) is 1. The van der Waals surface area contributed by atoms with E-state index in [-0.39, 0.29) is 18.7 Å². The molecule has 104 valence electrons. The fraction of sp³-hybridized carbons (Fsp3) is 0.500. The quantitative estimate of drug-likeness (QED) is 0.714. The minimum Gasteiger partial charge on any atom is -0.399 e. The van der Waals surface area contributed by atoms with Crippen molar-refractivity contribution in [1.82, 2.24) is 4.90 Å². The Labute approximate surface area is 113 Å². The SMILES string of the molecule is Nc1ccc(NC(=O)N2CCCCCC2CO)cc1. The van der Waals surface area contributed by atoms with E-state index >= 15 is 0 Å². The third-order valence-corrected chi connectivity index (χ3v) is 3.51. The van der Waals surface area contributed by atoms with Crippen molar-refractivity contribution in [3.05, 3.63) is 24.3 Å². The molecule has 1 fully saturated rings. The molecule has 2 rings (SSSR count). The zero-order chi connectivity index (χ0) is 13.7. The first-order chi connectivity index (χ1) is 9.20. The number of anilines is 2. The number of carbonyl (C=O) groups is 1. The van der Waals surface area contributed by atoms with Gasteiger partial charge in [-0.2, -0.15) is 0 Å². The van der Waals surface area contributed by atoms with Crippen molar-refractivity contribution in [1.29, 1.82) is 0 Å². The van der Waals surface area contributed by atoms with Gasteiger partial charge in [0.1, 0.15) is 0 Å². The second-order valence-electron chi connectivity index (χ2n) is 4.93. The molecule has 0 bridgehead atoms. The van der Waals surface area contributed by atoms with E-state index in [1.54, 1.807) is 29.2 Å². The highest BCUT2D eigenvalue weighted by Gasteiger charge is 2.24. The fourth-order valence-electron chi connectivity index (χ4n) is 2.40. The highest BCUT2D eigenvalue weighted by atomic mass is 16.3. The zero-order valence-electron chi connectivity index (χ0n) is 11.0. The number of benzene rings is 1. The van der Waals surface area contributed by atoms with Crippen molar-refractivity contribution in [2.45, 2.75) is 31.7 Å². The van der Waals surface area contributed by atoms with Gasteiger partial charge in [0.05, 0.1) is 12.6 Å². The molecular formula is C14H21N3O2. The molecule has 1 unspecified atom stereocenters. The van der Waals surface area contributed by atoms with E-state index < -0.39 is 0 Å². The Morgan fingerprint density at radius 3 is 2.74 bits per heavy atom. The summed E-state index contributed by atoms with van der Waals surface area (Å²) in [5, 5.41) is 12.3. The number of hydrogen-bond donors (Lipinski definition) is 3. The molecule has 1 aromatic rings. The normalized spacial score (nSPS) is 19.8. The van der Waals surface area contributed by atoms with Crippen molar-refractivity contribution >= 4 is 17.4 Å². The standard InChI is InChI=1S/C14H21N3O2/c15-11-5-7-12(8-6-11)16-14(19)17-9-3-1-2-4-13(17)10-18/h5-8,13,18H,1-4,9-10,15H2,(H,16,19). The number of aliphatic hydroxyl groups is 1. The lowest BCUT2D eigenvalue weighted by Gasteiger charge is -2.28. The van der Waals surface area contributed by atoms with Crippen LogP contribution in [0, 0.1) is 0 Å². The number of nitrogens with one attached hydrogen (secondary N) is 1. The molecule has 5 nitrogen and oxygen atoms in total. The first kappa shape index (κ1) is 13.7. The summed E-state index contributed by atoms with van der Waals surface area (Å²) in [6, 6.07) is 6.84. The molecule has 19 heavy (non-hydrogen) atoms. The van der Waals surface area contributed by atoms with Gasteiger partial charge in [-0.15, -0.1) is 0 Å². The number of urea groups is 1. The summed E-state index contributed by atoms with van der Waals surface area (Å²) in [6.07, 6.45) is 4.04. The lowest BCUT2D eigenvalue weighted by atomic mass is 10.1. The van der Waals surface area contributed by atoms with Gasteiger partial charge in [-0.3, -0.25) is 0 Å². The Hall–Kier alpha value is -1.75. The van der Waals surface area contributed by atoms with Crippen LogP contribution in [-0.2, 0) is 0 Å². The molecule has 1 saturated heterocycles. The number of carbonyl (C=O) groups excluding carboxylic acids is 1. The summed E-state index contributed by atoms with van der Waals surface area (Å²) in [4.78, 5) is 14.0. The van der Waals surface area contributed by atoms with Crippen LogP contribution >= 0.6 is 0 Å². The summed E-state index contributed by atoms with van der Waals surface area (Å²) in [6.45, 7) is 0.723. The minimum absolute atomic E-state index is 0.0230. The Morgan fingerprint density at radius 2 is 2.05 bits per heavy atom. The van der Waals surface area contributed by atoms with E-state index in [2.05, 4.69) is 5.32 Å². The number of likely N-dealkylation sites (tertiary alicyclic amines) is 1. The van der Waals surface area contributed by atoms with Crippen LogP contribution in [0.15, 0.2) is 24.3 Å². The van der Waals surface area contributed by atoms with Gasteiger partial charge in [0, 0.05) is 17.9 Å². The Bertz CT molecular complexity index is 419. The van der Waals surface area contributed by atoms with Gasteiger partial charge in [0.25, 0.3) is 0 Å². The van der Waals surface area contributed by atoms with Crippen LogP contribution in [0.3, 0.4) is 0 Å². The Morgan fingerprint density at radius 1 is 1.32 bits per heavy atom. The highest BCUT2D eigenvalue weighted by Crippen LogP contribution is 2.18. The zero-order valence-corrected chi connectivity index (χ0v) is 11.0. The average molecular weight is 263 g/mol. The molecule has 0 saturated carbocycles. The van der Waals surface area contributed by atoms with Crippen LogP contribution in [-0.4, -0.2) is 35.2 Å². The third-order valence-electron chi connectivity index (χ3n) is 3.51. The minimum atomic E-state index is -0.147. The molecule has 2 amide bonds. The molecule has 5 heteroatoms. The Balaban J connectivity index is 2.02. The third kappa shape index (κ3) is 3.61.